The number of benzene rings is 1. The molecule has 1 aliphatic heterocycles. The van der Waals surface area contributed by atoms with E-state index in [-0.39, 0.29) is 12.3 Å². The zero-order valence-electron chi connectivity index (χ0n) is 16.7. The molecule has 2 N–H and O–H groups in total. The first-order chi connectivity index (χ1) is 14.5. The lowest BCUT2D eigenvalue weighted by atomic mass is 10.2. The second kappa shape index (κ2) is 8.36. The van der Waals surface area contributed by atoms with Crippen LogP contribution >= 0.6 is 0 Å². The molecule has 4 rings (SSSR count). The average molecular weight is 405 g/mol. The number of carbonyl (C=O) groups excluding carboxylic acids is 2. The number of aromatic nitrogens is 2. The SMILES string of the molecule is Cc1oc(-c2ccccc2)nc1CC(=O)N1CCN(c2ncccc2C(N)=O)CC1. The van der Waals surface area contributed by atoms with Crippen LogP contribution in [0.2, 0.25) is 0 Å². The molecule has 1 aliphatic rings. The van der Waals surface area contributed by atoms with Crippen molar-refractivity contribution in [1.29, 1.82) is 0 Å². The monoisotopic (exact) mass is 405 g/mol. The third-order valence-corrected chi connectivity index (χ3v) is 5.22. The molecule has 0 bridgehead atoms. The second-order valence-electron chi connectivity index (χ2n) is 7.17. The Kier molecular flexibility index (Phi) is 5.47. The molecule has 3 aromatic rings. The Balaban J connectivity index is 1.40. The highest BCUT2D eigenvalue weighted by atomic mass is 16.4. The van der Waals surface area contributed by atoms with E-state index < -0.39 is 5.91 Å². The van der Waals surface area contributed by atoms with E-state index >= 15 is 0 Å². The first-order valence-corrected chi connectivity index (χ1v) is 9.82. The number of primary amides is 1. The van der Waals surface area contributed by atoms with Gasteiger partial charge in [0.2, 0.25) is 11.8 Å². The fourth-order valence-electron chi connectivity index (χ4n) is 3.56. The highest BCUT2D eigenvalue weighted by Gasteiger charge is 2.25. The molecule has 3 heterocycles. The van der Waals surface area contributed by atoms with Crippen molar-refractivity contribution in [3.05, 3.63) is 65.7 Å². The Labute approximate surface area is 174 Å². The number of aryl methyl sites for hydroxylation is 1. The fraction of sp³-hybridized carbons (Fsp3) is 0.273. The van der Waals surface area contributed by atoms with Crippen LogP contribution in [0.3, 0.4) is 0 Å². The molecule has 0 spiro atoms. The van der Waals surface area contributed by atoms with Crippen molar-refractivity contribution in [2.75, 3.05) is 31.1 Å². The number of rotatable bonds is 5. The first kappa shape index (κ1) is 19.6. The minimum absolute atomic E-state index is 0.00167. The van der Waals surface area contributed by atoms with Crippen molar-refractivity contribution in [1.82, 2.24) is 14.9 Å². The molecule has 0 radical (unpaired) electrons. The summed E-state index contributed by atoms with van der Waals surface area (Å²) in [5.41, 5.74) is 7.38. The van der Waals surface area contributed by atoms with Crippen LogP contribution in [0.1, 0.15) is 21.8 Å². The van der Waals surface area contributed by atoms with Crippen molar-refractivity contribution in [2.45, 2.75) is 13.3 Å². The van der Waals surface area contributed by atoms with Gasteiger partial charge in [-0.1, -0.05) is 18.2 Å². The fourth-order valence-corrected chi connectivity index (χ4v) is 3.56. The summed E-state index contributed by atoms with van der Waals surface area (Å²) in [7, 11) is 0. The van der Waals surface area contributed by atoms with Gasteiger partial charge in [0, 0.05) is 37.9 Å². The third-order valence-electron chi connectivity index (χ3n) is 5.22. The Morgan fingerprint density at radius 2 is 1.80 bits per heavy atom. The van der Waals surface area contributed by atoms with Crippen molar-refractivity contribution in [3.8, 4) is 11.5 Å². The van der Waals surface area contributed by atoms with Crippen LogP contribution in [0.15, 0.2) is 53.1 Å². The molecular formula is C22H23N5O3. The summed E-state index contributed by atoms with van der Waals surface area (Å²) in [6, 6.07) is 13.0. The van der Waals surface area contributed by atoms with E-state index in [0.717, 1.165) is 5.56 Å². The van der Waals surface area contributed by atoms with Gasteiger partial charge >= 0.3 is 0 Å². The zero-order valence-corrected chi connectivity index (χ0v) is 16.7. The van der Waals surface area contributed by atoms with Crippen LogP contribution in [-0.4, -0.2) is 52.9 Å². The van der Waals surface area contributed by atoms with Gasteiger partial charge < -0.3 is 20.0 Å². The molecule has 8 heteroatoms. The van der Waals surface area contributed by atoms with Crippen LogP contribution in [-0.2, 0) is 11.2 Å². The maximum absolute atomic E-state index is 12.8. The lowest BCUT2D eigenvalue weighted by Gasteiger charge is -2.36. The van der Waals surface area contributed by atoms with Gasteiger partial charge in [0.05, 0.1) is 17.7 Å². The van der Waals surface area contributed by atoms with Gasteiger partial charge in [-0.25, -0.2) is 9.97 Å². The van der Waals surface area contributed by atoms with Crippen LogP contribution in [0, 0.1) is 6.92 Å². The predicted molar refractivity (Wildman–Crippen MR) is 112 cm³/mol. The molecule has 0 atom stereocenters. The Morgan fingerprint density at radius 1 is 1.07 bits per heavy atom. The minimum Gasteiger partial charge on any atom is -0.441 e. The third kappa shape index (κ3) is 4.03. The summed E-state index contributed by atoms with van der Waals surface area (Å²) in [6.45, 7) is 4.06. The van der Waals surface area contributed by atoms with Crippen molar-refractivity contribution < 1.29 is 14.0 Å². The van der Waals surface area contributed by atoms with Gasteiger partial charge in [0.25, 0.3) is 5.91 Å². The number of oxazole rings is 1. The average Bonchev–Trinajstić information content (AvgIpc) is 3.14. The molecule has 0 unspecified atom stereocenters. The molecule has 0 saturated carbocycles. The van der Waals surface area contributed by atoms with Crippen molar-refractivity contribution in [2.24, 2.45) is 5.73 Å². The second-order valence-corrected chi connectivity index (χ2v) is 7.17. The van der Waals surface area contributed by atoms with Crippen molar-refractivity contribution in [3.63, 3.8) is 0 Å². The van der Waals surface area contributed by atoms with Gasteiger partial charge in [0.1, 0.15) is 11.6 Å². The summed E-state index contributed by atoms with van der Waals surface area (Å²) < 4.78 is 5.76. The number of anilines is 1. The number of nitrogens with zero attached hydrogens (tertiary/aromatic N) is 4. The van der Waals surface area contributed by atoms with Gasteiger partial charge in [-0.05, 0) is 31.2 Å². The van der Waals surface area contributed by atoms with Crippen molar-refractivity contribution >= 4 is 17.6 Å². The highest BCUT2D eigenvalue weighted by Crippen LogP contribution is 2.23. The summed E-state index contributed by atoms with van der Waals surface area (Å²) in [5.74, 6) is 1.24. The summed E-state index contributed by atoms with van der Waals surface area (Å²) in [5, 5.41) is 0. The predicted octanol–water partition coefficient (Wildman–Crippen LogP) is 2.04. The van der Waals surface area contributed by atoms with E-state index in [4.69, 9.17) is 10.2 Å². The summed E-state index contributed by atoms with van der Waals surface area (Å²) >= 11 is 0. The lowest BCUT2D eigenvalue weighted by Crippen LogP contribution is -2.50. The number of nitrogens with two attached hydrogens (primary N) is 1. The molecule has 154 valence electrons. The van der Waals surface area contributed by atoms with Gasteiger partial charge in [-0.15, -0.1) is 0 Å². The molecule has 0 aliphatic carbocycles. The van der Waals surface area contributed by atoms with E-state index in [0.29, 0.717) is 54.9 Å². The molecular weight excluding hydrogens is 382 g/mol. The molecule has 1 fully saturated rings. The number of pyridine rings is 1. The van der Waals surface area contributed by atoms with Gasteiger partial charge in [-0.2, -0.15) is 0 Å². The zero-order chi connectivity index (χ0) is 21.1. The van der Waals surface area contributed by atoms with Crippen LogP contribution in [0.5, 0.6) is 0 Å². The Morgan fingerprint density at radius 3 is 2.50 bits per heavy atom. The normalized spacial score (nSPS) is 14.0. The van der Waals surface area contributed by atoms with E-state index in [9.17, 15) is 9.59 Å². The lowest BCUT2D eigenvalue weighted by molar-refractivity contribution is -0.130. The molecule has 8 nitrogen and oxygen atoms in total. The van der Waals surface area contributed by atoms with E-state index in [2.05, 4.69) is 9.97 Å². The van der Waals surface area contributed by atoms with Crippen LogP contribution < -0.4 is 10.6 Å². The first-order valence-electron chi connectivity index (χ1n) is 9.82. The van der Waals surface area contributed by atoms with E-state index in [1.807, 2.05) is 42.2 Å². The quantitative estimate of drug-likeness (QED) is 0.696. The standard InChI is InChI=1S/C22H23N5O3/c1-15-18(25-22(30-15)16-6-3-2-4-7-16)14-19(28)26-10-12-27(13-11-26)21-17(20(23)29)8-5-9-24-21/h2-9H,10-14H2,1H3,(H2,23,29). The maximum Gasteiger partial charge on any atom is 0.252 e. The van der Waals surface area contributed by atoms with Crippen LogP contribution in [0.25, 0.3) is 11.5 Å². The summed E-state index contributed by atoms with van der Waals surface area (Å²) in [4.78, 5) is 37.1. The number of hydrogen-bond donors (Lipinski definition) is 1. The molecule has 30 heavy (non-hydrogen) atoms. The van der Waals surface area contributed by atoms with E-state index in [1.165, 1.54) is 0 Å². The number of carbonyl (C=O) groups is 2. The van der Waals surface area contributed by atoms with Gasteiger partial charge in [-0.3, -0.25) is 9.59 Å². The number of piperazine rings is 1. The number of amides is 2. The smallest absolute Gasteiger partial charge is 0.252 e. The molecule has 1 saturated heterocycles. The molecule has 2 amide bonds. The minimum atomic E-state index is -0.507. The highest BCUT2D eigenvalue weighted by molar-refractivity contribution is 5.97. The maximum atomic E-state index is 12.8. The summed E-state index contributed by atoms with van der Waals surface area (Å²) in [6.07, 6.45) is 1.83. The largest absolute Gasteiger partial charge is 0.441 e. The topological polar surface area (TPSA) is 106 Å². The molecule has 1 aromatic carbocycles. The Hall–Kier alpha value is -3.68. The van der Waals surface area contributed by atoms with E-state index in [1.54, 1.807) is 23.2 Å². The van der Waals surface area contributed by atoms with Gasteiger partial charge in [0.15, 0.2) is 0 Å². The Bertz CT molecular complexity index is 1060. The number of hydrogen-bond acceptors (Lipinski definition) is 6. The molecule has 2 aromatic heterocycles. The van der Waals surface area contributed by atoms with Crippen LogP contribution in [0.4, 0.5) is 5.82 Å².